The number of rotatable bonds is 2. The summed E-state index contributed by atoms with van der Waals surface area (Å²) in [4.78, 5) is 25.5. The number of benzene rings is 1. The van der Waals surface area contributed by atoms with E-state index >= 15 is 0 Å². The lowest BCUT2D eigenvalue weighted by atomic mass is 9.99. The highest BCUT2D eigenvalue weighted by Crippen LogP contribution is 2.27. The summed E-state index contributed by atoms with van der Waals surface area (Å²) in [6.45, 7) is 1.11. The van der Waals surface area contributed by atoms with Crippen molar-refractivity contribution in [1.29, 1.82) is 0 Å². The highest BCUT2D eigenvalue weighted by molar-refractivity contribution is 6.07. The maximum atomic E-state index is 12.3. The quantitative estimate of drug-likeness (QED) is 0.789. The molecule has 5 nitrogen and oxygen atoms in total. The van der Waals surface area contributed by atoms with E-state index in [9.17, 15) is 9.59 Å². The molecule has 5 heteroatoms. The van der Waals surface area contributed by atoms with E-state index in [1.165, 1.54) is 4.90 Å². The first-order valence-electron chi connectivity index (χ1n) is 5.97. The first-order chi connectivity index (χ1) is 8.71. The fraction of sp³-hybridized carbons (Fsp3) is 0.385. The molecule has 1 aromatic carbocycles. The fourth-order valence-corrected chi connectivity index (χ4v) is 2.42. The van der Waals surface area contributed by atoms with Crippen molar-refractivity contribution < 1.29 is 14.3 Å². The third kappa shape index (κ3) is 1.67. The van der Waals surface area contributed by atoms with Crippen molar-refractivity contribution >= 4 is 11.9 Å². The van der Waals surface area contributed by atoms with E-state index in [1.54, 1.807) is 0 Å². The lowest BCUT2D eigenvalue weighted by molar-refractivity contribution is -0.131. The Bertz CT molecular complexity index is 480. The van der Waals surface area contributed by atoms with E-state index in [-0.39, 0.29) is 18.5 Å². The monoisotopic (exact) mass is 246 g/mol. The molecule has 1 atom stereocenters. The third-order valence-corrected chi connectivity index (χ3v) is 3.45. The molecule has 2 fully saturated rings. The van der Waals surface area contributed by atoms with Crippen molar-refractivity contribution in [2.45, 2.75) is 18.5 Å². The Kier molecular flexibility index (Phi) is 2.56. The Hall–Kier alpha value is -1.88. The first-order valence-corrected chi connectivity index (χ1v) is 5.97. The fourth-order valence-electron chi connectivity index (χ4n) is 2.42. The number of imide groups is 1. The molecule has 1 spiro atoms. The Morgan fingerprint density at radius 2 is 2.06 bits per heavy atom. The zero-order valence-corrected chi connectivity index (χ0v) is 9.89. The highest BCUT2D eigenvalue weighted by atomic mass is 16.5. The van der Waals surface area contributed by atoms with Crippen molar-refractivity contribution in [3.05, 3.63) is 35.9 Å². The van der Waals surface area contributed by atoms with Gasteiger partial charge in [0.2, 0.25) is 0 Å². The Labute approximate surface area is 105 Å². The predicted molar refractivity (Wildman–Crippen MR) is 63.7 cm³/mol. The number of carbonyl (C=O) groups excluding carboxylic acids is 2. The van der Waals surface area contributed by atoms with Crippen LogP contribution in [0.3, 0.4) is 0 Å². The number of hydrogen-bond acceptors (Lipinski definition) is 3. The van der Waals surface area contributed by atoms with E-state index in [0.29, 0.717) is 19.6 Å². The number of hydrogen-bond donors (Lipinski definition) is 1. The van der Waals surface area contributed by atoms with Crippen molar-refractivity contribution in [2.24, 2.45) is 0 Å². The third-order valence-electron chi connectivity index (χ3n) is 3.45. The van der Waals surface area contributed by atoms with Crippen molar-refractivity contribution in [2.75, 3.05) is 13.2 Å². The van der Waals surface area contributed by atoms with Crippen LogP contribution in [0, 0.1) is 0 Å². The van der Waals surface area contributed by atoms with Gasteiger partial charge in [-0.2, -0.15) is 0 Å². The minimum Gasteiger partial charge on any atom is -0.378 e. The zero-order chi connectivity index (χ0) is 12.6. The van der Waals surface area contributed by atoms with Crippen LogP contribution in [0.4, 0.5) is 4.79 Å². The first kappa shape index (κ1) is 11.2. The van der Waals surface area contributed by atoms with Crippen LogP contribution in [0.15, 0.2) is 30.3 Å². The van der Waals surface area contributed by atoms with Crippen LogP contribution in [0.25, 0.3) is 0 Å². The summed E-state index contributed by atoms with van der Waals surface area (Å²) >= 11 is 0. The van der Waals surface area contributed by atoms with Gasteiger partial charge in [0.15, 0.2) is 0 Å². The van der Waals surface area contributed by atoms with E-state index in [4.69, 9.17) is 4.74 Å². The molecule has 3 amide bonds. The smallest absolute Gasteiger partial charge is 0.325 e. The summed E-state index contributed by atoms with van der Waals surface area (Å²) in [5.41, 5.74) is 0.128. The van der Waals surface area contributed by atoms with Gasteiger partial charge in [0.1, 0.15) is 5.54 Å². The second-order valence-corrected chi connectivity index (χ2v) is 4.69. The van der Waals surface area contributed by atoms with Gasteiger partial charge in [0.05, 0.1) is 13.2 Å². The van der Waals surface area contributed by atoms with Crippen LogP contribution < -0.4 is 5.32 Å². The van der Waals surface area contributed by atoms with Gasteiger partial charge in [0.25, 0.3) is 5.91 Å². The van der Waals surface area contributed by atoms with E-state index in [2.05, 4.69) is 5.32 Å². The van der Waals surface area contributed by atoms with Gasteiger partial charge in [-0.15, -0.1) is 0 Å². The largest absolute Gasteiger partial charge is 0.378 e. The molecule has 0 bridgehead atoms. The molecule has 2 saturated heterocycles. The molecule has 3 rings (SSSR count). The molecular weight excluding hydrogens is 232 g/mol. The summed E-state index contributed by atoms with van der Waals surface area (Å²) in [7, 11) is 0. The number of carbonyl (C=O) groups is 2. The lowest BCUT2D eigenvalue weighted by Gasteiger charge is -2.18. The molecule has 0 unspecified atom stereocenters. The van der Waals surface area contributed by atoms with E-state index in [1.807, 2.05) is 30.3 Å². The van der Waals surface area contributed by atoms with Gasteiger partial charge < -0.3 is 10.1 Å². The molecule has 0 radical (unpaired) electrons. The maximum Gasteiger partial charge on any atom is 0.325 e. The van der Waals surface area contributed by atoms with Crippen molar-refractivity contribution in [3.63, 3.8) is 0 Å². The van der Waals surface area contributed by atoms with Gasteiger partial charge in [-0.3, -0.25) is 9.69 Å². The number of amides is 3. The predicted octanol–water partition coefficient (Wildman–Crippen LogP) is 0.897. The molecule has 94 valence electrons. The summed E-state index contributed by atoms with van der Waals surface area (Å²) in [5, 5.41) is 2.76. The maximum absolute atomic E-state index is 12.3. The summed E-state index contributed by atoms with van der Waals surface area (Å²) in [5.74, 6) is -0.172. The molecule has 2 aliphatic heterocycles. The summed E-state index contributed by atoms with van der Waals surface area (Å²) in [6, 6.07) is 9.16. The van der Waals surface area contributed by atoms with Gasteiger partial charge in [-0.25, -0.2) is 4.79 Å². The molecule has 0 aromatic heterocycles. The Morgan fingerprint density at radius 3 is 2.72 bits per heavy atom. The standard InChI is InChI=1S/C13H14N2O3/c16-11-13(6-7-18-9-13)14-12(17)15(11)8-10-4-2-1-3-5-10/h1-5H,6-9H2,(H,14,17)/t13-/m1/s1. The van der Waals surface area contributed by atoms with E-state index < -0.39 is 5.54 Å². The van der Waals surface area contributed by atoms with Gasteiger partial charge in [-0.1, -0.05) is 30.3 Å². The molecule has 1 aromatic rings. The summed E-state index contributed by atoms with van der Waals surface area (Å²) in [6.07, 6.45) is 0.558. The zero-order valence-electron chi connectivity index (χ0n) is 9.89. The molecule has 0 saturated carbocycles. The molecule has 1 N–H and O–H groups in total. The highest BCUT2D eigenvalue weighted by Gasteiger charge is 2.53. The minimum atomic E-state index is -0.814. The summed E-state index contributed by atoms with van der Waals surface area (Å²) < 4.78 is 5.24. The normalized spacial score (nSPS) is 27.0. The Balaban J connectivity index is 1.81. The molecule has 0 aliphatic carbocycles. The van der Waals surface area contributed by atoms with Crippen LogP contribution in [0.2, 0.25) is 0 Å². The second-order valence-electron chi connectivity index (χ2n) is 4.69. The molecular formula is C13H14N2O3. The number of urea groups is 1. The SMILES string of the molecule is O=C1N[C@@]2(CCOC2)C(=O)N1Cc1ccccc1. The van der Waals surface area contributed by atoms with Crippen LogP contribution in [-0.2, 0) is 16.1 Å². The number of nitrogens with one attached hydrogen (secondary N) is 1. The van der Waals surface area contributed by atoms with Crippen LogP contribution in [0.1, 0.15) is 12.0 Å². The van der Waals surface area contributed by atoms with Crippen LogP contribution in [-0.4, -0.2) is 35.6 Å². The lowest BCUT2D eigenvalue weighted by Crippen LogP contribution is -2.47. The topological polar surface area (TPSA) is 58.6 Å². The number of nitrogens with zero attached hydrogens (tertiary/aromatic N) is 1. The number of ether oxygens (including phenoxy) is 1. The van der Waals surface area contributed by atoms with E-state index in [0.717, 1.165) is 5.56 Å². The average Bonchev–Trinajstić information content (AvgIpc) is 2.93. The van der Waals surface area contributed by atoms with Crippen molar-refractivity contribution in [3.8, 4) is 0 Å². The van der Waals surface area contributed by atoms with Crippen molar-refractivity contribution in [1.82, 2.24) is 10.2 Å². The van der Waals surface area contributed by atoms with Gasteiger partial charge in [0, 0.05) is 13.0 Å². The van der Waals surface area contributed by atoms with Crippen LogP contribution >= 0.6 is 0 Å². The van der Waals surface area contributed by atoms with Gasteiger partial charge >= 0.3 is 6.03 Å². The molecule has 18 heavy (non-hydrogen) atoms. The molecule has 2 aliphatic rings. The second kappa shape index (κ2) is 4.10. The average molecular weight is 246 g/mol. The Morgan fingerprint density at radius 1 is 1.28 bits per heavy atom. The minimum absolute atomic E-state index is 0.172. The van der Waals surface area contributed by atoms with Gasteiger partial charge in [-0.05, 0) is 5.56 Å². The molecule has 2 heterocycles. The van der Waals surface area contributed by atoms with Crippen LogP contribution in [0.5, 0.6) is 0 Å².